The second kappa shape index (κ2) is 3.15. The van der Waals surface area contributed by atoms with E-state index < -0.39 is 0 Å². The summed E-state index contributed by atoms with van der Waals surface area (Å²) < 4.78 is 0. The van der Waals surface area contributed by atoms with Gasteiger partial charge in [-0.1, -0.05) is 13.8 Å². The van der Waals surface area contributed by atoms with E-state index in [0.717, 1.165) is 10.7 Å². The van der Waals surface area contributed by atoms with Crippen LogP contribution in [0.25, 0.3) is 0 Å². The molecule has 1 rings (SSSR count). The average Bonchev–Trinajstić information content (AvgIpc) is 2.30. The van der Waals surface area contributed by atoms with Gasteiger partial charge in [-0.15, -0.1) is 11.3 Å². The van der Waals surface area contributed by atoms with Crippen molar-refractivity contribution in [1.82, 2.24) is 4.98 Å². The lowest BCUT2D eigenvalue weighted by Crippen LogP contribution is -2.28. The molecule has 0 amide bonds. The van der Waals surface area contributed by atoms with Crippen LogP contribution in [0.5, 0.6) is 0 Å². The summed E-state index contributed by atoms with van der Waals surface area (Å²) in [5.41, 5.74) is 6.77. The number of aromatic nitrogens is 1. The summed E-state index contributed by atoms with van der Waals surface area (Å²) in [7, 11) is 0. The molecule has 0 saturated carbocycles. The normalized spacial score (nSPS) is 12.5. The van der Waals surface area contributed by atoms with E-state index in [-0.39, 0.29) is 5.54 Å². The molecule has 3 heteroatoms. The molecule has 0 aliphatic carbocycles. The molecule has 68 valence electrons. The molecule has 0 aliphatic heterocycles. The molecule has 0 saturated heterocycles. The van der Waals surface area contributed by atoms with Crippen molar-refractivity contribution in [1.29, 1.82) is 0 Å². The van der Waals surface area contributed by atoms with Gasteiger partial charge in [0.1, 0.15) is 5.01 Å². The lowest BCUT2D eigenvalue weighted by atomic mass is 10.1. The first-order chi connectivity index (χ1) is 5.41. The molecule has 0 radical (unpaired) electrons. The second-order valence-electron chi connectivity index (χ2n) is 3.95. The highest BCUT2D eigenvalue weighted by Crippen LogP contribution is 2.24. The van der Waals surface area contributed by atoms with Crippen molar-refractivity contribution in [3.63, 3.8) is 0 Å². The summed E-state index contributed by atoms with van der Waals surface area (Å²) in [5.74, 6) is 0.498. The van der Waals surface area contributed by atoms with Gasteiger partial charge in [-0.3, -0.25) is 0 Å². The van der Waals surface area contributed by atoms with Crippen molar-refractivity contribution in [2.45, 2.75) is 39.2 Å². The molecule has 0 unspecified atom stereocenters. The maximum absolute atomic E-state index is 5.92. The lowest BCUT2D eigenvalue weighted by molar-refractivity contribution is 0.547. The Labute approximate surface area is 77.8 Å². The van der Waals surface area contributed by atoms with Crippen molar-refractivity contribution < 1.29 is 0 Å². The van der Waals surface area contributed by atoms with Crippen LogP contribution < -0.4 is 5.73 Å². The molecule has 12 heavy (non-hydrogen) atoms. The summed E-state index contributed by atoms with van der Waals surface area (Å²) in [6, 6.07) is 0. The van der Waals surface area contributed by atoms with Crippen molar-refractivity contribution >= 4 is 11.3 Å². The SMILES string of the molecule is CC(C)c1csc(C(C)(C)N)n1. The topological polar surface area (TPSA) is 38.9 Å². The number of thiazole rings is 1. The first-order valence-electron chi connectivity index (χ1n) is 4.16. The Kier molecular flexibility index (Phi) is 2.54. The number of hydrogen-bond donors (Lipinski definition) is 1. The third-order valence-corrected chi connectivity index (χ3v) is 2.86. The van der Waals surface area contributed by atoms with Gasteiger partial charge in [-0.2, -0.15) is 0 Å². The predicted octanol–water partition coefficient (Wildman–Crippen LogP) is 2.46. The maximum Gasteiger partial charge on any atom is 0.112 e. The van der Waals surface area contributed by atoms with Crippen LogP contribution >= 0.6 is 11.3 Å². The summed E-state index contributed by atoms with van der Waals surface area (Å²) in [6.45, 7) is 8.25. The molecule has 0 bridgehead atoms. The predicted molar refractivity (Wildman–Crippen MR) is 53.4 cm³/mol. The van der Waals surface area contributed by atoms with Crippen LogP contribution in [0.3, 0.4) is 0 Å². The number of nitrogens with two attached hydrogens (primary N) is 1. The molecule has 0 aliphatic rings. The molecule has 1 aromatic rings. The Balaban J connectivity index is 2.92. The fourth-order valence-corrected chi connectivity index (χ4v) is 1.87. The van der Waals surface area contributed by atoms with Crippen LogP contribution in [0.1, 0.15) is 44.3 Å². The third kappa shape index (κ3) is 2.05. The Hall–Kier alpha value is -0.410. The number of nitrogens with zero attached hydrogens (tertiary/aromatic N) is 1. The zero-order valence-corrected chi connectivity index (χ0v) is 8.90. The van der Waals surface area contributed by atoms with Crippen LogP contribution in [0.2, 0.25) is 0 Å². The maximum atomic E-state index is 5.92. The summed E-state index contributed by atoms with van der Waals surface area (Å²) >= 11 is 1.65. The number of hydrogen-bond acceptors (Lipinski definition) is 3. The van der Waals surface area contributed by atoms with Gasteiger partial charge in [0.2, 0.25) is 0 Å². The highest BCUT2D eigenvalue weighted by molar-refractivity contribution is 7.09. The van der Waals surface area contributed by atoms with Gasteiger partial charge in [0.15, 0.2) is 0 Å². The Bertz CT molecular complexity index is 258. The standard InChI is InChI=1S/C9H16N2S/c1-6(2)7-5-12-8(11-7)9(3,4)10/h5-6H,10H2,1-4H3. The monoisotopic (exact) mass is 184 g/mol. The zero-order valence-electron chi connectivity index (χ0n) is 8.09. The molecular weight excluding hydrogens is 168 g/mol. The highest BCUT2D eigenvalue weighted by atomic mass is 32.1. The molecule has 0 spiro atoms. The quantitative estimate of drug-likeness (QED) is 0.766. The molecule has 1 heterocycles. The van der Waals surface area contributed by atoms with Crippen molar-refractivity contribution in [2.24, 2.45) is 5.73 Å². The molecule has 0 atom stereocenters. The molecular formula is C9H16N2S. The smallest absolute Gasteiger partial charge is 0.112 e. The van der Waals surface area contributed by atoms with Gasteiger partial charge in [-0.25, -0.2) is 4.98 Å². The fourth-order valence-electron chi connectivity index (χ4n) is 0.847. The first-order valence-corrected chi connectivity index (χ1v) is 5.04. The van der Waals surface area contributed by atoms with Gasteiger partial charge in [-0.05, 0) is 19.8 Å². The van der Waals surface area contributed by atoms with Gasteiger partial charge < -0.3 is 5.73 Å². The Morgan fingerprint density at radius 1 is 1.50 bits per heavy atom. The summed E-state index contributed by atoms with van der Waals surface area (Å²) in [5, 5.41) is 3.11. The second-order valence-corrected chi connectivity index (χ2v) is 4.81. The van der Waals surface area contributed by atoms with Gasteiger partial charge in [0.25, 0.3) is 0 Å². The third-order valence-electron chi connectivity index (χ3n) is 1.66. The minimum Gasteiger partial charge on any atom is -0.320 e. The van der Waals surface area contributed by atoms with E-state index in [9.17, 15) is 0 Å². The first kappa shape index (κ1) is 9.68. The lowest BCUT2D eigenvalue weighted by Gasteiger charge is -2.14. The van der Waals surface area contributed by atoms with Crippen LogP contribution in [-0.4, -0.2) is 4.98 Å². The molecule has 0 fully saturated rings. The minimum absolute atomic E-state index is 0.294. The number of rotatable bonds is 2. The van der Waals surface area contributed by atoms with E-state index in [4.69, 9.17) is 5.73 Å². The van der Waals surface area contributed by atoms with Gasteiger partial charge in [0, 0.05) is 5.38 Å². The average molecular weight is 184 g/mol. The van der Waals surface area contributed by atoms with Crippen molar-refractivity contribution in [3.05, 3.63) is 16.1 Å². The van der Waals surface area contributed by atoms with Crippen molar-refractivity contribution in [3.8, 4) is 0 Å². The highest BCUT2D eigenvalue weighted by Gasteiger charge is 2.18. The minimum atomic E-state index is -0.294. The summed E-state index contributed by atoms with van der Waals surface area (Å²) in [6.07, 6.45) is 0. The van der Waals surface area contributed by atoms with E-state index in [0.29, 0.717) is 5.92 Å². The van der Waals surface area contributed by atoms with E-state index >= 15 is 0 Å². The molecule has 2 nitrogen and oxygen atoms in total. The van der Waals surface area contributed by atoms with E-state index in [1.165, 1.54) is 0 Å². The molecule has 0 aromatic carbocycles. The van der Waals surface area contributed by atoms with Crippen LogP contribution in [0, 0.1) is 0 Å². The van der Waals surface area contributed by atoms with Crippen molar-refractivity contribution in [2.75, 3.05) is 0 Å². The van der Waals surface area contributed by atoms with Gasteiger partial charge >= 0.3 is 0 Å². The Morgan fingerprint density at radius 3 is 2.33 bits per heavy atom. The van der Waals surface area contributed by atoms with E-state index in [1.807, 2.05) is 13.8 Å². The van der Waals surface area contributed by atoms with Crippen LogP contribution in [0.15, 0.2) is 5.38 Å². The van der Waals surface area contributed by atoms with Gasteiger partial charge in [0.05, 0.1) is 11.2 Å². The fraction of sp³-hybridized carbons (Fsp3) is 0.667. The van der Waals surface area contributed by atoms with E-state index in [1.54, 1.807) is 11.3 Å². The summed E-state index contributed by atoms with van der Waals surface area (Å²) in [4.78, 5) is 4.47. The Morgan fingerprint density at radius 2 is 2.08 bits per heavy atom. The van der Waals surface area contributed by atoms with E-state index in [2.05, 4.69) is 24.2 Å². The zero-order chi connectivity index (χ0) is 9.35. The van der Waals surface area contributed by atoms with Crippen LogP contribution in [0.4, 0.5) is 0 Å². The largest absolute Gasteiger partial charge is 0.320 e. The molecule has 1 aromatic heterocycles. The molecule has 2 N–H and O–H groups in total. The van der Waals surface area contributed by atoms with Crippen LogP contribution in [-0.2, 0) is 5.54 Å².